The van der Waals surface area contributed by atoms with E-state index < -0.39 is 29.9 Å². The topological polar surface area (TPSA) is 79.3 Å². The van der Waals surface area contributed by atoms with Gasteiger partial charge in [0.05, 0.1) is 12.1 Å². The molecule has 1 aliphatic rings. The van der Waals surface area contributed by atoms with Crippen LogP contribution in [-0.4, -0.2) is 64.5 Å². The van der Waals surface area contributed by atoms with E-state index in [9.17, 15) is 14.7 Å². The fourth-order valence-corrected chi connectivity index (χ4v) is 2.75. The Labute approximate surface area is 154 Å². The van der Waals surface area contributed by atoms with Gasteiger partial charge in [-0.15, -0.1) is 0 Å². The lowest BCUT2D eigenvalue weighted by molar-refractivity contribution is -0.0282. The molecule has 1 aromatic rings. The molecule has 144 valence electrons. The number of rotatable bonds is 3. The molecule has 1 unspecified atom stereocenters. The predicted octanol–water partition coefficient (Wildman–Crippen LogP) is 2.63. The van der Waals surface area contributed by atoms with Gasteiger partial charge in [0.1, 0.15) is 12.2 Å². The third-order valence-corrected chi connectivity index (χ3v) is 4.07. The van der Waals surface area contributed by atoms with Crippen LogP contribution in [0.2, 0.25) is 0 Å². The number of benzene rings is 1. The Morgan fingerprint density at radius 1 is 1.19 bits per heavy atom. The van der Waals surface area contributed by atoms with Gasteiger partial charge in [-0.1, -0.05) is 30.3 Å². The van der Waals surface area contributed by atoms with Gasteiger partial charge in [0, 0.05) is 19.6 Å². The summed E-state index contributed by atoms with van der Waals surface area (Å²) in [6.45, 7) is 7.97. The number of aliphatic hydroxyl groups excluding tert-OH is 1. The molecular formula is C19H28N2O5. The minimum absolute atomic E-state index is 0.186. The molecule has 0 saturated carbocycles. The quantitative estimate of drug-likeness (QED) is 0.892. The van der Waals surface area contributed by atoms with Gasteiger partial charge in [0.15, 0.2) is 0 Å². The molecule has 1 saturated heterocycles. The molecule has 1 fully saturated rings. The predicted molar refractivity (Wildman–Crippen MR) is 96.6 cm³/mol. The highest BCUT2D eigenvalue weighted by Gasteiger charge is 2.37. The molecule has 2 rings (SSSR count). The summed E-state index contributed by atoms with van der Waals surface area (Å²) in [5.41, 5.74) is 0.284. The van der Waals surface area contributed by atoms with Crippen molar-refractivity contribution in [2.75, 3.05) is 19.6 Å². The molecule has 0 aromatic heterocycles. The lowest BCUT2D eigenvalue weighted by atomic mass is 10.1. The third kappa shape index (κ3) is 5.62. The molecule has 2 atom stereocenters. The first-order valence-electron chi connectivity index (χ1n) is 8.80. The molecular weight excluding hydrogens is 336 g/mol. The summed E-state index contributed by atoms with van der Waals surface area (Å²) in [6.07, 6.45) is -1.74. The van der Waals surface area contributed by atoms with E-state index in [1.54, 1.807) is 27.7 Å². The van der Waals surface area contributed by atoms with Gasteiger partial charge < -0.3 is 19.5 Å². The monoisotopic (exact) mass is 364 g/mol. The minimum Gasteiger partial charge on any atom is -0.445 e. The second-order valence-electron chi connectivity index (χ2n) is 7.47. The summed E-state index contributed by atoms with van der Waals surface area (Å²) in [7, 11) is 0. The van der Waals surface area contributed by atoms with E-state index in [-0.39, 0.29) is 19.7 Å². The Morgan fingerprint density at radius 2 is 1.85 bits per heavy atom. The Kier molecular flexibility index (Phi) is 6.47. The molecule has 1 heterocycles. The summed E-state index contributed by atoms with van der Waals surface area (Å²) in [5.74, 6) is 0. The Morgan fingerprint density at radius 3 is 2.42 bits per heavy atom. The van der Waals surface area contributed by atoms with Gasteiger partial charge in [-0.2, -0.15) is 0 Å². The van der Waals surface area contributed by atoms with Gasteiger partial charge >= 0.3 is 12.2 Å². The van der Waals surface area contributed by atoms with Gasteiger partial charge in [0.25, 0.3) is 0 Å². The van der Waals surface area contributed by atoms with Crippen LogP contribution in [0.4, 0.5) is 9.59 Å². The zero-order valence-electron chi connectivity index (χ0n) is 15.8. The van der Waals surface area contributed by atoms with Crippen LogP contribution in [0, 0.1) is 0 Å². The molecule has 7 nitrogen and oxygen atoms in total. The zero-order chi connectivity index (χ0) is 19.3. The fraction of sp³-hybridized carbons (Fsp3) is 0.579. The van der Waals surface area contributed by atoms with E-state index in [0.29, 0.717) is 6.54 Å². The molecule has 0 spiro atoms. The average molecular weight is 364 g/mol. The zero-order valence-corrected chi connectivity index (χ0v) is 15.8. The number of hydrogen-bond donors (Lipinski definition) is 1. The summed E-state index contributed by atoms with van der Waals surface area (Å²) in [4.78, 5) is 27.7. The summed E-state index contributed by atoms with van der Waals surface area (Å²) in [6, 6.07) is 8.88. The number of amides is 2. The number of aliphatic hydroxyl groups is 1. The van der Waals surface area contributed by atoms with Crippen molar-refractivity contribution in [1.29, 1.82) is 0 Å². The maximum absolute atomic E-state index is 12.4. The molecule has 0 aliphatic carbocycles. The highest BCUT2D eigenvalue weighted by Crippen LogP contribution is 2.19. The van der Waals surface area contributed by atoms with Crippen LogP contribution < -0.4 is 0 Å². The number of nitrogens with zero attached hydrogens (tertiary/aromatic N) is 2. The molecule has 1 aliphatic heterocycles. The van der Waals surface area contributed by atoms with Gasteiger partial charge in [0.2, 0.25) is 0 Å². The number of hydrogen-bond acceptors (Lipinski definition) is 5. The van der Waals surface area contributed by atoms with Crippen LogP contribution in [0.1, 0.15) is 33.3 Å². The normalized spacial score (nSPS) is 19.0. The van der Waals surface area contributed by atoms with E-state index in [4.69, 9.17) is 9.47 Å². The largest absolute Gasteiger partial charge is 0.445 e. The van der Waals surface area contributed by atoms with Crippen molar-refractivity contribution in [1.82, 2.24) is 9.80 Å². The Balaban J connectivity index is 1.95. The third-order valence-electron chi connectivity index (χ3n) is 4.07. The molecule has 0 radical (unpaired) electrons. The molecule has 0 bridgehead atoms. The summed E-state index contributed by atoms with van der Waals surface area (Å²) in [5, 5.41) is 10.1. The van der Waals surface area contributed by atoms with Crippen molar-refractivity contribution in [2.45, 2.75) is 52.0 Å². The van der Waals surface area contributed by atoms with Gasteiger partial charge in [-0.05, 0) is 33.3 Å². The minimum atomic E-state index is -0.799. The van der Waals surface area contributed by atoms with E-state index in [1.165, 1.54) is 9.80 Å². The van der Waals surface area contributed by atoms with Gasteiger partial charge in [-0.3, -0.25) is 4.90 Å². The average Bonchev–Trinajstić information content (AvgIpc) is 2.58. The standard InChI is InChI=1S/C19H28N2O5/c1-14(22)16-12-20(10-11-21(16)18(24)26-19(2,3)4)17(23)25-13-15-8-6-5-7-9-15/h5-9,14,16,22H,10-13H2,1-4H3/t14-,16?/m1/s1. The highest BCUT2D eigenvalue weighted by atomic mass is 16.6. The molecule has 1 N–H and O–H groups in total. The fourth-order valence-electron chi connectivity index (χ4n) is 2.75. The van der Waals surface area contributed by atoms with E-state index >= 15 is 0 Å². The summed E-state index contributed by atoms with van der Waals surface area (Å²) >= 11 is 0. The highest BCUT2D eigenvalue weighted by molar-refractivity contribution is 5.71. The second-order valence-corrected chi connectivity index (χ2v) is 7.47. The number of carbonyl (C=O) groups is 2. The van der Waals surface area contributed by atoms with E-state index in [2.05, 4.69) is 0 Å². The van der Waals surface area contributed by atoms with Crippen molar-refractivity contribution >= 4 is 12.2 Å². The smallest absolute Gasteiger partial charge is 0.410 e. The van der Waals surface area contributed by atoms with Crippen molar-refractivity contribution in [3.05, 3.63) is 35.9 Å². The lowest BCUT2D eigenvalue weighted by Crippen LogP contribution is -2.60. The van der Waals surface area contributed by atoms with Crippen LogP contribution >= 0.6 is 0 Å². The molecule has 7 heteroatoms. The number of piperazine rings is 1. The number of ether oxygens (including phenoxy) is 2. The van der Waals surface area contributed by atoms with Crippen LogP contribution in [-0.2, 0) is 16.1 Å². The molecule has 1 aromatic carbocycles. The van der Waals surface area contributed by atoms with Crippen LogP contribution in [0.25, 0.3) is 0 Å². The Bertz CT molecular complexity index is 612. The first-order valence-corrected chi connectivity index (χ1v) is 8.80. The van der Waals surface area contributed by atoms with E-state index in [0.717, 1.165) is 5.56 Å². The molecule has 26 heavy (non-hydrogen) atoms. The van der Waals surface area contributed by atoms with Crippen LogP contribution in [0.15, 0.2) is 30.3 Å². The van der Waals surface area contributed by atoms with Crippen molar-refractivity contribution in [3.8, 4) is 0 Å². The maximum atomic E-state index is 12.4. The SMILES string of the molecule is C[C@@H](O)C1CN(C(=O)OCc2ccccc2)CCN1C(=O)OC(C)(C)C. The van der Waals surface area contributed by atoms with Crippen LogP contribution in [0.3, 0.4) is 0 Å². The first kappa shape index (κ1) is 20.0. The number of carbonyl (C=O) groups excluding carboxylic acids is 2. The Hall–Kier alpha value is -2.28. The molecule has 2 amide bonds. The first-order chi connectivity index (χ1) is 12.2. The second kappa shape index (κ2) is 8.40. The summed E-state index contributed by atoms with van der Waals surface area (Å²) < 4.78 is 10.7. The van der Waals surface area contributed by atoms with Crippen LogP contribution in [0.5, 0.6) is 0 Å². The van der Waals surface area contributed by atoms with Crippen molar-refractivity contribution in [3.63, 3.8) is 0 Å². The van der Waals surface area contributed by atoms with Crippen molar-refractivity contribution < 1.29 is 24.2 Å². The lowest BCUT2D eigenvalue weighted by Gasteiger charge is -2.42. The van der Waals surface area contributed by atoms with E-state index in [1.807, 2.05) is 30.3 Å². The van der Waals surface area contributed by atoms with Gasteiger partial charge in [-0.25, -0.2) is 9.59 Å². The van der Waals surface area contributed by atoms with Crippen molar-refractivity contribution in [2.24, 2.45) is 0 Å². The maximum Gasteiger partial charge on any atom is 0.410 e.